The van der Waals surface area contributed by atoms with Crippen molar-refractivity contribution >= 4 is 11.7 Å². The Morgan fingerprint density at radius 2 is 1.85 bits per heavy atom. The number of hydrogen-bond acceptors (Lipinski definition) is 4. The minimum atomic E-state index is -0.720. The van der Waals surface area contributed by atoms with E-state index >= 15 is 0 Å². The third kappa shape index (κ3) is 2.06. The monoisotopic (exact) mass is 274 g/mol. The van der Waals surface area contributed by atoms with Gasteiger partial charge in [-0.1, -0.05) is 13.8 Å². The van der Waals surface area contributed by atoms with Crippen LogP contribution in [-0.4, -0.2) is 17.2 Å². The van der Waals surface area contributed by atoms with Gasteiger partial charge in [0.2, 0.25) is 0 Å². The number of esters is 1. The van der Waals surface area contributed by atoms with Gasteiger partial charge in [0.25, 0.3) is 0 Å². The molecule has 108 valence electrons. The van der Waals surface area contributed by atoms with Crippen LogP contribution < -0.4 is 0 Å². The molecule has 1 saturated heterocycles. The number of cyclic esters (lactones) is 1. The molecule has 4 nitrogen and oxygen atoms in total. The highest BCUT2D eigenvalue weighted by Gasteiger charge is 2.48. The SMILES string of the molecule is C/C(C1=NC(C)(C#N)C(C)(C)C1)=C1/CC(C)(C)C(=O)O1. The zero-order chi connectivity index (χ0) is 15.3. The Labute approximate surface area is 120 Å². The number of rotatable bonds is 1. The van der Waals surface area contributed by atoms with Crippen molar-refractivity contribution in [2.45, 2.75) is 59.9 Å². The fraction of sp³-hybridized carbons (Fsp3) is 0.688. The van der Waals surface area contributed by atoms with Gasteiger partial charge in [0.1, 0.15) is 11.3 Å². The van der Waals surface area contributed by atoms with Crippen LogP contribution in [0, 0.1) is 22.2 Å². The molecule has 0 aromatic carbocycles. The van der Waals surface area contributed by atoms with Crippen molar-refractivity contribution < 1.29 is 9.53 Å². The Bertz CT molecular complexity index is 576. The molecular weight excluding hydrogens is 252 g/mol. The van der Waals surface area contributed by atoms with E-state index in [4.69, 9.17) is 4.74 Å². The normalized spacial score (nSPS) is 33.5. The maximum atomic E-state index is 11.8. The molecule has 0 aromatic rings. The molecule has 2 aliphatic rings. The molecule has 2 heterocycles. The fourth-order valence-electron chi connectivity index (χ4n) is 2.57. The molecule has 4 heteroatoms. The number of aliphatic imine (C=N–C) groups is 1. The van der Waals surface area contributed by atoms with Gasteiger partial charge in [-0.05, 0) is 34.1 Å². The zero-order valence-electron chi connectivity index (χ0n) is 13.1. The van der Waals surface area contributed by atoms with Crippen LogP contribution in [0.15, 0.2) is 16.3 Å². The Morgan fingerprint density at radius 1 is 1.25 bits per heavy atom. The lowest BCUT2D eigenvalue weighted by molar-refractivity contribution is -0.142. The number of carbonyl (C=O) groups excluding carboxylic acids is 1. The summed E-state index contributed by atoms with van der Waals surface area (Å²) >= 11 is 0. The van der Waals surface area contributed by atoms with Crippen molar-refractivity contribution in [1.29, 1.82) is 5.26 Å². The van der Waals surface area contributed by atoms with Crippen molar-refractivity contribution in [2.24, 2.45) is 15.8 Å². The van der Waals surface area contributed by atoms with Gasteiger partial charge in [0.15, 0.2) is 0 Å². The minimum absolute atomic E-state index is 0.187. The molecule has 0 bridgehead atoms. The van der Waals surface area contributed by atoms with Crippen LogP contribution >= 0.6 is 0 Å². The fourth-order valence-corrected chi connectivity index (χ4v) is 2.57. The number of hydrogen-bond donors (Lipinski definition) is 0. The van der Waals surface area contributed by atoms with Gasteiger partial charge in [-0.25, -0.2) is 0 Å². The van der Waals surface area contributed by atoms with Gasteiger partial charge >= 0.3 is 5.97 Å². The van der Waals surface area contributed by atoms with E-state index in [1.54, 1.807) is 0 Å². The van der Waals surface area contributed by atoms with E-state index in [0.29, 0.717) is 12.2 Å². The highest BCUT2D eigenvalue weighted by Crippen LogP contribution is 2.45. The predicted octanol–water partition coefficient (Wildman–Crippen LogP) is 3.39. The lowest BCUT2D eigenvalue weighted by Gasteiger charge is -2.29. The molecular formula is C16H22N2O2. The second-order valence-corrected chi connectivity index (χ2v) is 7.30. The highest BCUT2D eigenvalue weighted by atomic mass is 16.5. The van der Waals surface area contributed by atoms with E-state index < -0.39 is 11.0 Å². The van der Waals surface area contributed by atoms with Gasteiger partial charge in [0.05, 0.1) is 11.5 Å². The lowest BCUT2D eigenvalue weighted by atomic mass is 9.74. The molecule has 0 amide bonds. The first-order valence-electron chi connectivity index (χ1n) is 6.95. The van der Waals surface area contributed by atoms with Gasteiger partial charge in [0, 0.05) is 23.1 Å². The van der Waals surface area contributed by atoms with E-state index in [1.807, 2.05) is 27.7 Å². The molecule has 2 aliphatic heterocycles. The summed E-state index contributed by atoms with van der Waals surface area (Å²) in [6.45, 7) is 11.7. The van der Waals surface area contributed by atoms with Crippen LogP contribution in [0.2, 0.25) is 0 Å². The van der Waals surface area contributed by atoms with Crippen LogP contribution in [0.25, 0.3) is 0 Å². The summed E-state index contributed by atoms with van der Waals surface area (Å²) in [6, 6.07) is 2.31. The third-order valence-corrected chi connectivity index (χ3v) is 4.73. The quantitative estimate of drug-likeness (QED) is 0.688. The summed E-state index contributed by atoms with van der Waals surface area (Å²) in [5.74, 6) is 0.518. The minimum Gasteiger partial charge on any atom is -0.430 e. The van der Waals surface area contributed by atoms with E-state index in [9.17, 15) is 10.1 Å². The molecule has 0 aromatic heterocycles. The summed E-state index contributed by atoms with van der Waals surface area (Å²) < 4.78 is 5.40. The smallest absolute Gasteiger partial charge is 0.317 e. The summed E-state index contributed by atoms with van der Waals surface area (Å²) in [7, 11) is 0. The number of nitrogens with zero attached hydrogens (tertiary/aromatic N) is 2. The zero-order valence-corrected chi connectivity index (χ0v) is 13.1. The Morgan fingerprint density at radius 3 is 2.25 bits per heavy atom. The van der Waals surface area contributed by atoms with Crippen LogP contribution in [0.1, 0.15) is 54.4 Å². The molecule has 0 spiro atoms. The second-order valence-electron chi connectivity index (χ2n) is 7.30. The maximum absolute atomic E-state index is 11.8. The van der Waals surface area contributed by atoms with Crippen LogP contribution in [0.3, 0.4) is 0 Å². The average molecular weight is 274 g/mol. The lowest BCUT2D eigenvalue weighted by Crippen LogP contribution is -2.34. The summed E-state index contributed by atoms with van der Waals surface area (Å²) in [5, 5.41) is 9.39. The van der Waals surface area contributed by atoms with Crippen LogP contribution in [-0.2, 0) is 9.53 Å². The Kier molecular flexibility index (Phi) is 3.09. The summed E-state index contributed by atoms with van der Waals surface area (Å²) in [6.07, 6.45) is 1.32. The van der Waals surface area contributed by atoms with E-state index in [1.165, 1.54) is 0 Å². The van der Waals surface area contributed by atoms with Crippen LogP contribution in [0.5, 0.6) is 0 Å². The second kappa shape index (κ2) is 4.18. The van der Waals surface area contributed by atoms with Gasteiger partial charge < -0.3 is 4.74 Å². The van der Waals surface area contributed by atoms with Crippen LogP contribution in [0.4, 0.5) is 0 Å². The van der Waals surface area contributed by atoms with Crippen molar-refractivity contribution in [1.82, 2.24) is 0 Å². The van der Waals surface area contributed by atoms with Crippen molar-refractivity contribution in [3.8, 4) is 6.07 Å². The molecule has 1 unspecified atom stereocenters. The molecule has 0 N–H and O–H groups in total. The van der Waals surface area contributed by atoms with Gasteiger partial charge in [-0.3, -0.25) is 9.79 Å². The first-order chi connectivity index (χ1) is 9.02. The summed E-state index contributed by atoms with van der Waals surface area (Å²) in [4.78, 5) is 16.4. The predicted molar refractivity (Wildman–Crippen MR) is 77.0 cm³/mol. The Balaban J connectivity index is 2.38. The standard InChI is InChI=1S/C16H22N2O2/c1-10(12-8-14(2,3)13(19)20-12)11-7-15(4,5)16(6,9-17)18-11/h7-8H2,1-6H3/b12-10+. The molecule has 0 saturated carbocycles. The van der Waals surface area contributed by atoms with Gasteiger partial charge in [-0.15, -0.1) is 0 Å². The summed E-state index contributed by atoms with van der Waals surface area (Å²) in [5.41, 5.74) is 0.402. The van der Waals surface area contributed by atoms with E-state index in [-0.39, 0.29) is 11.4 Å². The van der Waals surface area contributed by atoms with Gasteiger partial charge in [-0.2, -0.15) is 5.26 Å². The average Bonchev–Trinajstić information content (AvgIpc) is 2.74. The molecule has 1 fully saturated rings. The first kappa shape index (κ1) is 14.8. The van der Waals surface area contributed by atoms with E-state index in [2.05, 4.69) is 24.9 Å². The van der Waals surface area contributed by atoms with Crippen molar-refractivity contribution in [2.75, 3.05) is 0 Å². The highest BCUT2D eigenvalue weighted by molar-refractivity contribution is 6.03. The molecule has 2 rings (SSSR count). The molecule has 0 radical (unpaired) electrons. The Hall–Kier alpha value is -1.63. The number of ether oxygens (including phenoxy) is 1. The third-order valence-electron chi connectivity index (χ3n) is 4.73. The topological polar surface area (TPSA) is 62.5 Å². The first-order valence-corrected chi connectivity index (χ1v) is 6.95. The van der Waals surface area contributed by atoms with E-state index in [0.717, 1.165) is 17.7 Å². The van der Waals surface area contributed by atoms with Crippen molar-refractivity contribution in [3.63, 3.8) is 0 Å². The largest absolute Gasteiger partial charge is 0.430 e. The number of allylic oxidation sites excluding steroid dienone is 2. The molecule has 0 aliphatic carbocycles. The maximum Gasteiger partial charge on any atom is 0.317 e. The molecule has 20 heavy (non-hydrogen) atoms. The number of carbonyl (C=O) groups is 1. The number of nitriles is 1. The molecule has 1 atom stereocenters. The van der Waals surface area contributed by atoms with Crippen molar-refractivity contribution in [3.05, 3.63) is 11.3 Å².